The first kappa shape index (κ1) is 18.9. The van der Waals surface area contributed by atoms with Crippen LogP contribution in [0.3, 0.4) is 0 Å². The van der Waals surface area contributed by atoms with Gasteiger partial charge >= 0.3 is 12.0 Å². The number of aromatic nitrogens is 4. The lowest BCUT2D eigenvalue weighted by atomic mass is 9.95. The average Bonchev–Trinajstić information content (AvgIpc) is 3.05. The predicted molar refractivity (Wildman–Crippen MR) is 98.8 cm³/mol. The van der Waals surface area contributed by atoms with Gasteiger partial charge in [0.1, 0.15) is 0 Å². The Morgan fingerprint density at radius 3 is 2.70 bits per heavy atom. The molecule has 0 fully saturated rings. The molecule has 0 spiro atoms. The van der Waals surface area contributed by atoms with Gasteiger partial charge in [0.25, 0.3) is 0 Å². The van der Waals surface area contributed by atoms with E-state index in [9.17, 15) is 9.59 Å². The first-order valence-corrected chi connectivity index (χ1v) is 9.37. The molecular formula is C17H20N6O3S. The second kappa shape index (κ2) is 8.21. The van der Waals surface area contributed by atoms with Crippen LogP contribution in [0.4, 0.5) is 4.79 Å². The zero-order valence-corrected chi connectivity index (χ0v) is 16.0. The maximum absolute atomic E-state index is 12.7. The van der Waals surface area contributed by atoms with Crippen LogP contribution in [0.15, 0.2) is 40.7 Å². The van der Waals surface area contributed by atoms with Gasteiger partial charge in [-0.2, -0.15) is 0 Å². The third-order valence-corrected chi connectivity index (χ3v) is 5.02. The summed E-state index contributed by atoms with van der Waals surface area (Å²) in [6, 6.07) is 6.69. The van der Waals surface area contributed by atoms with Crippen molar-refractivity contribution >= 4 is 23.8 Å². The summed E-state index contributed by atoms with van der Waals surface area (Å²) in [5, 5.41) is 17.4. The fraction of sp³-hybridized carbons (Fsp3) is 0.353. The lowest BCUT2D eigenvalue weighted by Gasteiger charge is -2.29. The van der Waals surface area contributed by atoms with Gasteiger partial charge < -0.3 is 15.4 Å². The molecule has 9 nitrogen and oxygen atoms in total. The molecule has 1 unspecified atom stereocenters. The first-order chi connectivity index (χ1) is 13.0. The molecular weight excluding hydrogens is 368 g/mol. The van der Waals surface area contributed by atoms with Gasteiger partial charge in [-0.1, -0.05) is 41.6 Å². The van der Waals surface area contributed by atoms with E-state index >= 15 is 0 Å². The highest BCUT2D eigenvalue weighted by Gasteiger charge is 2.33. The summed E-state index contributed by atoms with van der Waals surface area (Å²) in [5.41, 5.74) is 2.76. The van der Waals surface area contributed by atoms with Crippen LogP contribution in [0, 0.1) is 6.92 Å². The van der Waals surface area contributed by atoms with E-state index in [1.54, 1.807) is 14.0 Å². The number of thioether (sulfide) groups is 1. The van der Waals surface area contributed by atoms with Crippen molar-refractivity contribution in [1.29, 1.82) is 0 Å². The molecule has 2 N–H and O–H groups in total. The van der Waals surface area contributed by atoms with Crippen molar-refractivity contribution in [3.05, 3.63) is 46.7 Å². The molecule has 3 rings (SSSR count). The maximum atomic E-state index is 12.7. The number of carbonyl (C=O) groups is 2. The molecule has 1 aromatic heterocycles. The van der Waals surface area contributed by atoms with Crippen LogP contribution in [0.5, 0.6) is 0 Å². The molecule has 1 aliphatic rings. The summed E-state index contributed by atoms with van der Waals surface area (Å²) >= 11 is 1.32. The van der Waals surface area contributed by atoms with Crippen LogP contribution in [0.25, 0.3) is 0 Å². The van der Waals surface area contributed by atoms with Crippen molar-refractivity contribution < 1.29 is 14.3 Å². The number of aryl methyl sites for hydroxylation is 2. The minimum Gasteiger partial charge on any atom is -0.463 e. The standard InChI is InChI=1S/C17H20N6O3S/c1-4-26-15(24)13-12(9-27-17-20-21-22-23(17)3)18-16(25)19-14(13)11-7-5-10(2)6-8-11/h5-8,14H,4,9H2,1-3H3,(H2,18,19,25). The van der Waals surface area contributed by atoms with Gasteiger partial charge in [0.2, 0.25) is 5.16 Å². The summed E-state index contributed by atoms with van der Waals surface area (Å²) in [6.07, 6.45) is 0. The van der Waals surface area contributed by atoms with E-state index in [1.807, 2.05) is 31.2 Å². The Balaban J connectivity index is 1.97. The molecule has 0 saturated heterocycles. The lowest BCUT2D eigenvalue weighted by Crippen LogP contribution is -2.46. The fourth-order valence-electron chi connectivity index (χ4n) is 2.67. The number of benzene rings is 1. The molecule has 1 aliphatic heterocycles. The van der Waals surface area contributed by atoms with Gasteiger partial charge in [-0.25, -0.2) is 14.3 Å². The number of hydrogen-bond acceptors (Lipinski definition) is 7. The number of urea groups is 1. The van der Waals surface area contributed by atoms with Gasteiger partial charge in [0.15, 0.2) is 0 Å². The SMILES string of the molecule is CCOC(=O)C1=C(CSc2nnnn2C)NC(=O)NC1c1ccc(C)cc1. The van der Waals surface area contributed by atoms with Crippen molar-refractivity contribution in [1.82, 2.24) is 30.8 Å². The topological polar surface area (TPSA) is 111 Å². The second-order valence-corrected chi connectivity index (χ2v) is 6.87. The summed E-state index contributed by atoms with van der Waals surface area (Å²) in [5.74, 6) is -0.153. The predicted octanol–water partition coefficient (Wildman–Crippen LogP) is 1.48. The monoisotopic (exact) mass is 388 g/mol. The third-order valence-electron chi connectivity index (χ3n) is 3.99. The van der Waals surface area contributed by atoms with Crippen LogP contribution < -0.4 is 10.6 Å². The molecule has 0 aliphatic carbocycles. The number of nitrogens with one attached hydrogen (secondary N) is 2. The fourth-order valence-corrected chi connectivity index (χ4v) is 3.49. The number of amides is 2. The van der Waals surface area contributed by atoms with E-state index in [0.717, 1.165) is 11.1 Å². The molecule has 10 heteroatoms. The zero-order chi connectivity index (χ0) is 19.4. The molecule has 1 atom stereocenters. The number of ether oxygens (including phenoxy) is 1. The summed E-state index contributed by atoms with van der Waals surface area (Å²) in [4.78, 5) is 24.9. The molecule has 27 heavy (non-hydrogen) atoms. The summed E-state index contributed by atoms with van der Waals surface area (Å²) in [7, 11) is 1.72. The molecule has 142 valence electrons. The molecule has 2 aromatic rings. The Hall–Kier alpha value is -2.88. The average molecular weight is 388 g/mol. The highest BCUT2D eigenvalue weighted by molar-refractivity contribution is 7.99. The van der Waals surface area contributed by atoms with Gasteiger partial charge in [0.05, 0.1) is 18.2 Å². The Morgan fingerprint density at radius 2 is 2.07 bits per heavy atom. The minimum atomic E-state index is -0.591. The Labute approximate surface area is 160 Å². The highest BCUT2D eigenvalue weighted by Crippen LogP contribution is 2.30. The van der Waals surface area contributed by atoms with Crippen molar-refractivity contribution in [2.24, 2.45) is 7.05 Å². The van der Waals surface area contributed by atoms with E-state index in [0.29, 0.717) is 22.2 Å². The molecule has 0 bridgehead atoms. The number of esters is 1. The van der Waals surface area contributed by atoms with Crippen molar-refractivity contribution in [3.8, 4) is 0 Å². The molecule has 0 radical (unpaired) electrons. The van der Waals surface area contributed by atoms with E-state index in [2.05, 4.69) is 26.2 Å². The quantitative estimate of drug-likeness (QED) is 0.569. The van der Waals surface area contributed by atoms with E-state index in [1.165, 1.54) is 16.4 Å². The normalized spacial score (nSPS) is 16.7. The maximum Gasteiger partial charge on any atom is 0.338 e. The summed E-state index contributed by atoms with van der Waals surface area (Å²) < 4.78 is 6.76. The number of nitrogens with zero attached hydrogens (tertiary/aromatic N) is 4. The van der Waals surface area contributed by atoms with E-state index in [-0.39, 0.29) is 12.6 Å². The van der Waals surface area contributed by atoms with Gasteiger partial charge in [-0.3, -0.25) is 0 Å². The van der Waals surface area contributed by atoms with E-state index in [4.69, 9.17) is 4.74 Å². The number of rotatable bonds is 6. The first-order valence-electron chi connectivity index (χ1n) is 8.39. The lowest BCUT2D eigenvalue weighted by molar-refractivity contribution is -0.139. The summed E-state index contributed by atoms with van der Waals surface area (Å²) in [6.45, 7) is 3.96. The number of tetrazole rings is 1. The molecule has 0 saturated carbocycles. The van der Waals surface area contributed by atoms with Crippen LogP contribution in [-0.4, -0.2) is 44.6 Å². The highest BCUT2D eigenvalue weighted by atomic mass is 32.2. The smallest absolute Gasteiger partial charge is 0.338 e. The second-order valence-electron chi connectivity index (χ2n) is 5.93. The van der Waals surface area contributed by atoms with Crippen molar-refractivity contribution in [2.45, 2.75) is 25.0 Å². The number of carbonyl (C=O) groups excluding carboxylic acids is 2. The Kier molecular flexibility index (Phi) is 5.75. The zero-order valence-electron chi connectivity index (χ0n) is 15.2. The van der Waals surface area contributed by atoms with Crippen LogP contribution in [-0.2, 0) is 16.6 Å². The molecule has 2 amide bonds. The van der Waals surface area contributed by atoms with Gasteiger partial charge in [-0.15, -0.1) is 5.10 Å². The van der Waals surface area contributed by atoms with Gasteiger partial charge in [-0.05, 0) is 29.8 Å². The van der Waals surface area contributed by atoms with Crippen molar-refractivity contribution in [3.63, 3.8) is 0 Å². The van der Waals surface area contributed by atoms with Gasteiger partial charge in [0, 0.05) is 18.5 Å². The third kappa shape index (κ3) is 4.27. The van der Waals surface area contributed by atoms with E-state index < -0.39 is 12.0 Å². The van der Waals surface area contributed by atoms with Crippen LogP contribution in [0.2, 0.25) is 0 Å². The molecule has 2 heterocycles. The minimum absolute atomic E-state index is 0.241. The molecule has 1 aromatic carbocycles. The van der Waals surface area contributed by atoms with Crippen molar-refractivity contribution in [2.75, 3.05) is 12.4 Å². The van der Waals surface area contributed by atoms with Crippen LogP contribution in [0.1, 0.15) is 24.1 Å². The number of hydrogen-bond donors (Lipinski definition) is 2. The Morgan fingerprint density at radius 1 is 1.33 bits per heavy atom. The Bertz CT molecular complexity index is 877. The van der Waals surface area contributed by atoms with Crippen LogP contribution >= 0.6 is 11.8 Å². The largest absolute Gasteiger partial charge is 0.463 e.